The maximum Gasteiger partial charge on any atom is 0.261 e. The topological polar surface area (TPSA) is 46.6 Å². The molecular weight excluding hydrogens is 364 g/mol. The minimum absolute atomic E-state index is 0.0722. The van der Waals surface area contributed by atoms with Crippen molar-refractivity contribution in [3.8, 4) is 0 Å². The molecule has 0 bridgehead atoms. The van der Waals surface area contributed by atoms with E-state index >= 15 is 0 Å². The number of ether oxygens (including phenoxy) is 1. The molecule has 0 radical (unpaired) electrons. The van der Waals surface area contributed by atoms with Crippen molar-refractivity contribution in [3.05, 3.63) is 77.1 Å². The third kappa shape index (κ3) is 3.81. The molecule has 4 nitrogen and oxygen atoms in total. The van der Waals surface area contributed by atoms with Gasteiger partial charge in [0.2, 0.25) is 0 Å². The highest BCUT2D eigenvalue weighted by molar-refractivity contribution is 6.21. The molecule has 2 aromatic carbocycles. The molecule has 0 atom stereocenters. The molecule has 1 aliphatic rings. The van der Waals surface area contributed by atoms with E-state index in [2.05, 4.69) is 0 Å². The summed E-state index contributed by atoms with van der Waals surface area (Å²) < 4.78 is 32.5. The molecule has 0 N–H and O–H groups in total. The maximum absolute atomic E-state index is 13.4. The standard InChI is InChI=1S/C22H21F2NO3/c1-14-20(16-7-5-4-6-8-16)21(27)25(13-28-14)22(2,3)19(26)11-15-9-17(23)12-18(24)10-15/h4-10,12H,11,13H2,1-3H3. The minimum atomic E-state index is -1.22. The molecular formula is C22H21F2NO3. The zero-order chi connectivity index (χ0) is 20.5. The third-order valence-electron chi connectivity index (χ3n) is 4.93. The zero-order valence-electron chi connectivity index (χ0n) is 16.0. The number of Topliss-reactive ketones (excluding diaryl/α,β-unsaturated/α-hetero) is 1. The number of hydrogen-bond acceptors (Lipinski definition) is 3. The van der Waals surface area contributed by atoms with E-state index in [0.29, 0.717) is 16.9 Å². The number of nitrogens with zero attached hydrogens (tertiary/aromatic N) is 1. The van der Waals surface area contributed by atoms with Gasteiger partial charge in [-0.1, -0.05) is 30.3 Å². The van der Waals surface area contributed by atoms with Crippen molar-refractivity contribution < 1.29 is 23.1 Å². The molecule has 0 saturated heterocycles. The Kier molecular flexibility index (Phi) is 5.31. The van der Waals surface area contributed by atoms with Gasteiger partial charge < -0.3 is 4.74 Å². The molecule has 0 fully saturated rings. The summed E-state index contributed by atoms with van der Waals surface area (Å²) in [6.07, 6.45) is -0.200. The van der Waals surface area contributed by atoms with E-state index in [1.807, 2.05) is 18.2 Å². The number of amides is 1. The number of allylic oxidation sites excluding steroid dienone is 1. The Bertz CT molecular complexity index is 931. The molecule has 6 heteroatoms. The second-order valence-corrected chi connectivity index (χ2v) is 7.24. The van der Waals surface area contributed by atoms with Crippen molar-refractivity contribution in [3.63, 3.8) is 0 Å². The van der Waals surface area contributed by atoms with E-state index in [1.54, 1.807) is 32.9 Å². The van der Waals surface area contributed by atoms with Crippen LogP contribution in [0.5, 0.6) is 0 Å². The van der Waals surface area contributed by atoms with Gasteiger partial charge in [0.1, 0.15) is 17.4 Å². The van der Waals surface area contributed by atoms with Crippen molar-refractivity contribution in [2.75, 3.05) is 6.73 Å². The number of rotatable bonds is 5. The van der Waals surface area contributed by atoms with Gasteiger partial charge >= 0.3 is 0 Å². The second kappa shape index (κ2) is 7.54. The Hall–Kier alpha value is -3.02. The van der Waals surface area contributed by atoms with Gasteiger partial charge in [-0.2, -0.15) is 0 Å². The lowest BCUT2D eigenvalue weighted by atomic mass is 9.90. The van der Waals surface area contributed by atoms with Crippen LogP contribution < -0.4 is 0 Å². The minimum Gasteiger partial charge on any atom is -0.477 e. The first kappa shape index (κ1) is 19.7. The van der Waals surface area contributed by atoms with Crippen LogP contribution in [0.25, 0.3) is 5.57 Å². The van der Waals surface area contributed by atoms with Crippen molar-refractivity contribution in [2.24, 2.45) is 0 Å². The smallest absolute Gasteiger partial charge is 0.261 e. The fourth-order valence-corrected chi connectivity index (χ4v) is 3.19. The van der Waals surface area contributed by atoms with Crippen molar-refractivity contribution >= 4 is 17.3 Å². The number of hydrogen-bond donors (Lipinski definition) is 0. The van der Waals surface area contributed by atoms with Gasteiger partial charge in [-0.05, 0) is 44.0 Å². The predicted molar refractivity (Wildman–Crippen MR) is 101 cm³/mol. The first-order valence-electron chi connectivity index (χ1n) is 8.89. The Balaban J connectivity index is 1.87. The summed E-state index contributed by atoms with van der Waals surface area (Å²) >= 11 is 0. The van der Waals surface area contributed by atoms with Gasteiger partial charge in [-0.25, -0.2) is 8.78 Å². The molecule has 0 aliphatic carbocycles. The fraction of sp³-hybridized carbons (Fsp3) is 0.273. The molecule has 1 heterocycles. The van der Waals surface area contributed by atoms with Crippen molar-refractivity contribution in [1.29, 1.82) is 0 Å². The number of carbonyl (C=O) groups excluding carboxylic acids is 2. The summed E-state index contributed by atoms with van der Waals surface area (Å²) in [4.78, 5) is 27.4. The Labute approximate surface area is 162 Å². The number of halogens is 2. The summed E-state index contributed by atoms with van der Waals surface area (Å²) in [5, 5.41) is 0. The van der Waals surface area contributed by atoms with Crippen LogP contribution in [0.1, 0.15) is 31.9 Å². The molecule has 0 unspecified atom stereocenters. The first-order valence-corrected chi connectivity index (χ1v) is 8.89. The van der Waals surface area contributed by atoms with Gasteiger partial charge in [-0.15, -0.1) is 0 Å². The molecule has 28 heavy (non-hydrogen) atoms. The fourth-order valence-electron chi connectivity index (χ4n) is 3.19. The van der Waals surface area contributed by atoms with E-state index in [-0.39, 0.29) is 30.4 Å². The van der Waals surface area contributed by atoms with E-state index in [9.17, 15) is 18.4 Å². The highest BCUT2D eigenvalue weighted by atomic mass is 19.1. The van der Waals surface area contributed by atoms with Gasteiger partial charge in [0.05, 0.1) is 11.1 Å². The van der Waals surface area contributed by atoms with Crippen LogP contribution in [0.4, 0.5) is 8.78 Å². The number of carbonyl (C=O) groups is 2. The van der Waals surface area contributed by atoms with Crippen molar-refractivity contribution in [2.45, 2.75) is 32.7 Å². The Morgan fingerprint density at radius 1 is 1.11 bits per heavy atom. The first-order chi connectivity index (χ1) is 13.2. The van der Waals surface area contributed by atoms with Crippen LogP contribution in [-0.2, 0) is 20.7 Å². The Morgan fingerprint density at radius 2 is 1.71 bits per heavy atom. The SMILES string of the molecule is CC1=C(c2ccccc2)C(=O)N(C(C)(C)C(=O)Cc2cc(F)cc(F)c2)CO1. The van der Waals surface area contributed by atoms with E-state index in [4.69, 9.17) is 4.74 Å². The zero-order valence-corrected chi connectivity index (χ0v) is 16.0. The quantitative estimate of drug-likeness (QED) is 0.778. The Morgan fingerprint density at radius 3 is 2.32 bits per heavy atom. The normalized spacial score (nSPS) is 14.9. The molecule has 3 rings (SSSR count). The predicted octanol–water partition coefficient (Wildman–Crippen LogP) is 4.10. The van der Waals surface area contributed by atoms with E-state index in [1.165, 1.54) is 4.90 Å². The van der Waals surface area contributed by atoms with Gasteiger partial charge in [0, 0.05) is 12.5 Å². The summed E-state index contributed by atoms with van der Waals surface area (Å²) in [7, 11) is 0. The van der Waals surface area contributed by atoms with Gasteiger partial charge in [-0.3, -0.25) is 14.5 Å². The molecule has 0 spiro atoms. The molecule has 0 aromatic heterocycles. The summed E-state index contributed by atoms with van der Waals surface area (Å²) in [6, 6.07) is 12.1. The highest BCUT2D eigenvalue weighted by Gasteiger charge is 2.41. The largest absolute Gasteiger partial charge is 0.477 e. The number of ketones is 1. The van der Waals surface area contributed by atoms with Crippen LogP contribution in [-0.4, -0.2) is 28.9 Å². The van der Waals surface area contributed by atoms with Crippen LogP contribution in [0.15, 0.2) is 54.3 Å². The van der Waals surface area contributed by atoms with E-state index < -0.39 is 17.2 Å². The lowest BCUT2D eigenvalue weighted by Crippen LogP contribution is -2.56. The highest BCUT2D eigenvalue weighted by Crippen LogP contribution is 2.31. The average molecular weight is 385 g/mol. The van der Waals surface area contributed by atoms with Crippen LogP contribution in [0.2, 0.25) is 0 Å². The maximum atomic E-state index is 13.4. The molecule has 1 aliphatic heterocycles. The van der Waals surface area contributed by atoms with E-state index in [0.717, 1.165) is 18.2 Å². The molecule has 1 amide bonds. The van der Waals surface area contributed by atoms with Crippen LogP contribution in [0.3, 0.4) is 0 Å². The van der Waals surface area contributed by atoms with Crippen LogP contribution >= 0.6 is 0 Å². The lowest BCUT2D eigenvalue weighted by Gasteiger charge is -2.40. The summed E-state index contributed by atoms with van der Waals surface area (Å²) in [6.45, 7) is 4.85. The monoisotopic (exact) mass is 385 g/mol. The summed E-state index contributed by atoms with van der Waals surface area (Å²) in [5.41, 5.74) is 0.0892. The lowest BCUT2D eigenvalue weighted by molar-refractivity contribution is -0.148. The average Bonchev–Trinajstić information content (AvgIpc) is 2.61. The molecule has 0 saturated carbocycles. The summed E-state index contributed by atoms with van der Waals surface area (Å²) in [5.74, 6) is -1.67. The molecule has 146 valence electrons. The van der Waals surface area contributed by atoms with Crippen LogP contribution in [0, 0.1) is 11.6 Å². The second-order valence-electron chi connectivity index (χ2n) is 7.24. The van der Waals surface area contributed by atoms with Gasteiger partial charge in [0.15, 0.2) is 12.5 Å². The van der Waals surface area contributed by atoms with Gasteiger partial charge in [0.25, 0.3) is 5.91 Å². The van der Waals surface area contributed by atoms with Crippen molar-refractivity contribution in [1.82, 2.24) is 4.90 Å². The third-order valence-corrected chi connectivity index (χ3v) is 4.93. The number of benzene rings is 2. The molecule has 2 aromatic rings.